The summed E-state index contributed by atoms with van der Waals surface area (Å²) in [5, 5.41) is 6.22. The predicted octanol–water partition coefficient (Wildman–Crippen LogP) is 7.81. The molecule has 0 spiro atoms. The number of anilines is 1. The van der Waals surface area contributed by atoms with Crippen LogP contribution in [0.4, 0.5) is 5.69 Å². The van der Waals surface area contributed by atoms with Crippen LogP contribution in [0.5, 0.6) is 0 Å². The van der Waals surface area contributed by atoms with Gasteiger partial charge in [0.05, 0.1) is 5.52 Å². The molecule has 0 aliphatic carbocycles. The molecule has 1 aromatic heterocycles. The molecule has 0 atom stereocenters. The maximum absolute atomic E-state index is 3.75. The van der Waals surface area contributed by atoms with Crippen molar-refractivity contribution in [3.05, 3.63) is 88.5 Å². The summed E-state index contributed by atoms with van der Waals surface area (Å²) in [5.41, 5.74) is 15.5. The van der Waals surface area contributed by atoms with Gasteiger partial charge in [0.15, 0.2) is 0 Å². The van der Waals surface area contributed by atoms with E-state index < -0.39 is 0 Å². The normalized spacial score (nSPS) is 12.6. The van der Waals surface area contributed by atoms with Crippen LogP contribution < -0.4 is 5.32 Å². The zero-order valence-electron chi connectivity index (χ0n) is 18.5. The lowest BCUT2D eigenvalue weighted by atomic mass is 9.87. The van der Waals surface area contributed by atoms with Gasteiger partial charge in [0.2, 0.25) is 0 Å². The summed E-state index contributed by atoms with van der Waals surface area (Å²) in [5.74, 6) is 0. The summed E-state index contributed by atoms with van der Waals surface area (Å²) >= 11 is 0. The number of H-pyrrole nitrogens is 1. The molecule has 0 saturated carbocycles. The fourth-order valence-electron chi connectivity index (χ4n) is 5.21. The molecular weight excluding hydrogens is 376 g/mol. The van der Waals surface area contributed by atoms with Crippen LogP contribution in [0.2, 0.25) is 0 Å². The van der Waals surface area contributed by atoms with Crippen molar-refractivity contribution < 1.29 is 0 Å². The Morgan fingerprint density at radius 2 is 1.42 bits per heavy atom. The van der Waals surface area contributed by atoms with E-state index in [2.05, 4.69) is 98.7 Å². The van der Waals surface area contributed by atoms with E-state index in [9.17, 15) is 0 Å². The lowest BCUT2D eigenvalue weighted by molar-refractivity contribution is 1.12. The van der Waals surface area contributed by atoms with Gasteiger partial charge in [-0.05, 0) is 79.3 Å². The molecule has 4 aromatic carbocycles. The molecule has 31 heavy (non-hydrogen) atoms. The molecule has 1 aliphatic rings. The number of hydrogen-bond donors (Lipinski definition) is 2. The molecule has 2 heterocycles. The maximum atomic E-state index is 3.75. The Kier molecular flexibility index (Phi) is 3.82. The van der Waals surface area contributed by atoms with Crippen LogP contribution in [0.25, 0.3) is 44.1 Å². The summed E-state index contributed by atoms with van der Waals surface area (Å²) in [6.07, 6.45) is 0. The number of nitrogens with one attached hydrogen (secondary N) is 2. The van der Waals surface area contributed by atoms with Gasteiger partial charge >= 0.3 is 0 Å². The van der Waals surface area contributed by atoms with Gasteiger partial charge in [-0.2, -0.15) is 0 Å². The first-order valence-corrected chi connectivity index (χ1v) is 11.0. The summed E-state index contributed by atoms with van der Waals surface area (Å²) < 4.78 is 0. The van der Waals surface area contributed by atoms with E-state index in [-0.39, 0.29) is 0 Å². The van der Waals surface area contributed by atoms with Gasteiger partial charge in [0.1, 0.15) is 0 Å². The van der Waals surface area contributed by atoms with E-state index in [1.165, 1.54) is 77.6 Å². The molecule has 0 bridgehead atoms. The average Bonchev–Trinajstić information content (AvgIpc) is 3.10. The zero-order chi connectivity index (χ0) is 21.3. The van der Waals surface area contributed by atoms with E-state index in [0.717, 1.165) is 6.54 Å². The Bertz CT molecular complexity index is 1520. The van der Waals surface area contributed by atoms with Crippen LogP contribution in [-0.4, -0.2) is 4.98 Å². The van der Waals surface area contributed by atoms with Gasteiger partial charge in [0.25, 0.3) is 0 Å². The molecule has 2 N–H and O–H groups in total. The van der Waals surface area contributed by atoms with E-state index in [4.69, 9.17) is 0 Å². The van der Waals surface area contributed by atoms with Crippen molar-refractivity contribution in [2.24, 2.45) is 0 Å². The minimum absolute atomic E-state index is 0.888. The standard InChI is InChI=1S/C29H26N2/c1-16-5-8-21-20(11-16)15-30-26-13-19(4)24(14-25(21)26)28-18(3)7-10-23-22-9-6-17(2)12-27(22)31-29(23)28/h5-14,30-31H,15H2,1-4H3. The van der Waals surface area contributed by atoms with Crippen molar-refractivity contribution >= 4 is 27.5 Å². The van der Waals surface area contributed by atoms with Crippen molar-refractivity contribution in [2.75, 3.05) is 5.32 Å². The molecule has 0 unspecified atom stereocenters. The van der Waals surface area contributed by atoms with Gasteiger partial charge in [0, 0.05) is 39.6 Å². The third-order valence-corrected chi connectivity index (χ3v) is 6.79. The summed E-state index contributed by atoms with van der Waals surface area (Å²) in [4.78, 5) is 3.75. The Hall–Kier alpha value is -3.52. The van der Waals surface area contributed by atoms with Gasteiger partial charge in [-0.1, -0.05) is 48.0 Å². The Labute approximate surface area is 182 Å². The second-order valence-corrected chi connectivity index (χ2v) is 9.08. The van der Waals surface area contributed by atoms with Gasteiger partial charge in [-0.15, -0.1) is 0 Å². The lowest BCUT2D eigenvalue weighted by Crippen LogP contribution is -2.09. The monoisotopic (exact) mass is 402 g/mol. The largest absolute Gasteiger partial charge is 0.380 e. The predicted molar refractivity (Wildman–Crippen MR) is 133 cm³/mol. The minimum Gasteiger partial charge on any atom is -0.380 e. The molecule has 2 nitrogen and oxygen atoms in total. The fraction of sp³-hybridized carbons (Fsp3) is 0.172. The highest BCUT2D eigenvalue weighted by atomic mass is 14.9. The minimum atomic E-state index is 0.888. The third kappa shape index (κ3) is 2.71. The lowest BCUT2D eigenvalue weighted by Gasteiger charge is -2.24. The van der Waals surface area contributed by atoms with Gasteiger partial charge in [-0.25, -0.2) is 0 Å². The quantitative estimate of drug-likeness (QED) is 0.294. The van der Waals surface area contributed by atoms with E-state index >= 15 is 0 Å². The summed E-state index contributed by atoms with van der Waals surface area (Å²) in [7, 11) is 0. The third-order valence-electron chi connectivity index (χ3n) is 6.79. The van der Waals surface area contributed by atoms with Crippen LogP contribution in [0.15, 0.2) is 60.7 Å². The smallest absolute Gasteiger partial charge is 0.0547 e. The summed E-state index contributed by atoms with van der Waals surface area (Å²) in [6.45, 7) is 9.65. The van der Waals surface area contributed by atoms with Gasteiger partial charge < -0.3 is 10.3 Å². The molecule has 5 aromatic rings. The molecule has 2 heteroatoms. The zero-order valence-corrected chi connectivity index (χ0v) is 18.5. The Morgan fingerprint density at radius 3 is 2.29 bits per heavy atom. The number of aryl methyl sites for hydroxylation is 4. The van der Waals surface area contributed by atoms with Crippen LogP contribution in [0, 0.1) is 27.7 Å². The maximum Gasteiger partial charge on any atom is 0.0547 e. The van der Waals surface area contributed by atoms with E-state index in [0.29, 0.717) is 0 Å². The molecule has 152 valence electrons. The van der Waals surface area contributed by atoms with Crippen LogP contribution >= 0.6 is 0 Å². The highest BCUT2D eigenvalue weighted by Crippen LogP contribution is 2.43. The van der Waals surface area contributed by atoms with Crippen molar-refractivity contribution in [1.29, 1.82) is 0 Å². The van der Waals surface area contributed by atoms with Crippen molar-refractivity contribution in [3.63, 3.8) is 0 Å². The van der Waals surface area contributed by atoms with Crippen molar-refractivity contribution in [1.82, 2.24) is 4.98 Å². The van der Waals surface area contributed by atoms with Crippen LogP contribution in [0.3, 0.4) is 0 Å². The van der Waals surface area contributed by atoms with Crippen molar-refractivity contribution in [2.45, 2.75) is 34.2 Å². The Morgan fingerprint density at radius 1 is 0.645 bits per heavy atom. The van der Waals surface area contributed by atoms with Crippen LogP contribution in [0.1, 0.15) is 27.8 Å². The second kappa shape index (κ2) is 6.49. The van der Waals surface area contributed by atoms with E-state index in [1.54, 1.807) is 0 Å². The molecule has 0 radical (unpaired) electrons. The molecule has 0 fully saturated rings. The van der Waals surface area contributed by atoms with Gasteiger partial charge in [-0.3, -0.25) is 0 Å². The topological polar surface area (TPSA) is 27.8 Å². The molecule has 0 amide bonds. The first-order chi connectivity index (χ1) is 15.0. The number of fused-ring (bicyclic) bond motifs is 6. The SMILES string of the molecule is Cc1ccc2c(c1)CNc1cc(C)c(-c3c(C)ccc4c3[nH]c3cc(C)ccc34)cc1-2. The first kappa shape index (κ1) is 18.3. The summed E-state index contributed by atoms with van der Waals surface area (Å²) in [6, 6.07) is 22.7. The number of aromatic nitrogens is 1. The number of aromatic amines is 1. The first-order valence-electron chi connectivity index (χ1n) is 11.0. The molecule has 6 rings (SSSR count). The number of benzene rings is 4. The highest BCUT2D eigenvalue weighted by Gasteiger charge is 2.20. The second-order valence-electron chi connectivity index (χ2n) is 9.08. The fourth-order valence-corrected chi connectivity index (χ4v) is 5.21. The Balaban J connectivity index is 1.65. The highest BCUT2D eigenvalue weighted by molar-refractivity contribution is 6.13. The molecular formula is C29H26N2. The number of rotatable bonds is 1. The van der Waals surface area contributed by atoms with E-state index in [1.807, 2.05) is 0 Å². The average molecular weight is 403 g/mol. The van der Waals surface area contributed by atoms with Crippen molar-refractivity contribution in [3.8, 4) is 22.3 Å². The molecule has 1 aliphatic heterocycles. The van der Waals surface area contributed by atoms with Crippen LogP contribution in [-0.2, 0) is 6.54 Å². The number of hydrogen-bond acceptors (Lipinski definition) is 1. The molecule has 0 saturated heterocycles.